The van der Waals surface area contributed by atoms with Crippen molar-refractivity contribution in [3.05, 3.63) is 71.1 Å². The standard InChI is InChI=1S/C25H26N6O2/c1-26-23-12-20(28-24(30-23)15-8-9-15)19(10-16-13-27-18-5-3-2-4-17(16)18)29-25(32)21-11-22(33-31-21)14-6-7-14/h2-5,11-15,19,27H,6-10H2,1H3,(H,29,32)(H,26,28,30)/t19-/m1/s1. The molecule has 3 N–H and O–H groups in total. The second-order valence-electron chi connectivity index (χ2n) is 9.04. The Morgan fingerprint density at radius 1 is 1.15 bits per heavy atom. The molecule has 0 unspecified atom stereocenters. The van der Waals surface area contributed by atoms with E-state index in [-0.39, 0.29) is 11.9 Å². The zero-order valence-electron chi connectivity index (χ0n) is 18.5. The van der Waals surface area contributed by atoms with Crippen LogP contribution in [-0.4, -0.2) is 33.1 Å². The van der Waals surface area contributed by atoms with Crippen molar-refractivity contribution in [2.45, 2.75) is 50.0 Å². The highest BCUT2D eigenvalue weighted by Crippen LogP contribution is 2.40. The van der Waals surface area contributed by atoms with Crippen molar-refractivity contribution in [3.8, 4) is 0 Å². The third-order valence-corrected chi connectivity index (χ3v) is 6.46. The number of hydrogen-bond acceptors (Lipinski definition) is 6. The van der Waals surface area contributed by atoms with Gasteiger partial charge in [0.25, 0.3) is 5.91 Å². The summed E-state index contributed by atoms with van der Waals surface area (Å²) in [6.07, 6.45) is 7.00. The SMILES string of the molecule is CNc1cc([C@@H](Cc2c[nH]c3ccccc23)NC(=O)c2cc(C3CC3)on2)nc(C2CC2)n1. The minimum Gasteiger partial charge on any atom is -0.373 e. The average molecular weight is 443 g/mol. The number of benzene rings is 1. The maximum Gasteiger partial charge on any atom is 0.274 e. The lowest BCUT2D eigenvalue weighted by molar-refractivity contribution is 0.0926. The molecule has 8 nitrogen and oxygen atoms in total. The number of H-pyrrole nitrogens is 1. The highest BCUT2D eigenvalue weighted by molar-refractivity contribution is 5.92. The van der Waals surface area contributed by atoms with Crippen LogP contribution in [0.5, 0.6) is 0 Å². The van der Waals surface area contributed by atoms with Crippen LogP contribution in [0.15, 0.2) is 47.1 Å². The largest absolute Gasteiger partial charge is 0.373 e. The summed E-state index contributed by atoms with van der Waals surface area (Å²) < 4.78 is 5.40. The summed E-state index contributed by atoms with van der Waals surface area (Å²) in [5.74, 6) is 2.95. The first-order valence-corrected chi connectivity index (χ1v) is 11.6. The molecule has 2 aliphatic rings. The number of fused-ring (bicyclic) bond motifs is 1. The van der Waals surface area contributed by atoms with Gasteiger partial charge in [0, 0.05) is 54.5 Å². The van der Waals surface area contributed by atoms with Crippen molar-refractivity contribution in [2.75, 3.05) is 12.4 Å². The van der Waals surface area contributed by atoms with Crippen molar-refractivity contribution in [2.24, 2.45) is 0 Å². The number of rotatable bonds is 8. The van der Waals surface area contributed by atoms with Crippen LogP contribution in [0.4, 0.5) is 5.82 Å². The molecule has 0 radical (unpaired) electrons. The monoisotopic (exact) mass is 442 g/mol. The predicted molar refractivity (Wildman–Crippen MR) is 124 cm³/mol. The van der Waals surface area contributed by atoms with E-state index in [1.165, 1.54) is 0 Å². The third-order valence-electron chi connectivity index (χ3n) is 6.46. The number of hydrogen-bond donors (Lipinski definition) is 3. The Kier molecular flexibility index (Phi) is 4.86. The second-order valence-corrected chi connectivity index (χ2v) is 9.04. The molecule has 1 aromatic carbocycles. The van der Waals surface area contributed by atoms with Gasteiger partial charge in [-0.2, -0.15) is 0 Å². The molecule has 168 valence electrons. The van der Waals surface area contributed by atoms with Crippen molar-refractivity contribution in [1.29, 1.82) is 0 Å². The Morgan fingerprint density at radius 3 is 2.76 bits per heavy atom. The quantitative estimate of drug-likeness (QED) is 0.372. The minimum absolute atomic E-state index is 0.256. The Morgan fingerprint density at radius 2 is 1.97 bits per heavy atom. The van der Waals surface area contributed by atoms with E-state index in [4.69, 9.17) is 9.51 Å². The molecular weight excluding hydrogens is 416 g/mol. The number of para-hydroxylation sites is 1. The highest BCUT2D eigenvalue weighted by atomic mass is 16.5. The molecule has 0 saturated heterocycles. The first-order valence-electron chi connectivity index (χ1n) is 11.6. The molecule has 1 amide bonds. The van der Waals surface area contributed by atoms with E-state index >= 15 is 0 Å². The van der Waals surface area contributed by atoms with Gasteiger partial charge in [-0.25, -0.2) is 9.97 Å². The van der Waals surface area contributed by atoms with Crippen LogP contribution in [0.1, 0.15) is 76.9 Å². The number of nitrogens with one attached hydrogen (secondary N) is 3. The normalized spacial score (nSPS) is 16.6. The van der Waals surface area contributed by atoms with Crippen LogP contribution in [0, 0.1) is 0 Å². The van der Waals surface area contributed by atoms with Crippen LogP contribution >= 0.6 is 0 Å². The maximum absolute atomic E-state index is 13.2. The van der Waals surface area contributed by atoms with E-state index in [1.54, 1.807) is 6.07 Å². The van der Waals surface area contributed by atoms with E-state index < -0.39 is 0 Å². The third kappa shape index (κ3) is 4.08. The van der Waals surface area contributed by atoms with Crippen molar-refractivity contribution in [1.82, 2.24) is 25.4 Å². The van der Waals surface area contributed by atoms with E-state index in [0.717, 1.165) is 65.2 Å². The Bertz CT molecular complexity index is 1320. The summed E-state index contributed by atoms with van der Waals surface area (Å²) in [5.41, 5.74) is 3.29. The molecule has 2 saturated carbocycles. The fraction of sp³-hybridized carbons (Fsp3) is 0.360. The molecule has 3 heterocycles. The smallest absolute Gasteiger partial charge is 0.274 e. The molecular formula is C25H26N6O2. The van der Waals surface area contributed by atoms with Gasteiger partial charge in [-0.05, 0) is 37.3 Å². The average Bonchev–Trinajstić information content (AvgIpc) is 3.78. The fourth-order valence-corrected chi connectivity index (χ4v) is 4.25. The minimum atomic E-state index is -0.342. The zero-order chi connectivity index (χ0) is 22.4. The summed E-state index contributed by atoms with van der Waals surface area (Å²) in [6, 6.07) is 11.5. The van der Waals surface area contributed by atoms with Crippen molar-refractivity contribution in [3.63, 3.8) is 0 Å². The number of carbonyl (C=O) groups excluding carboxylic acids is 1. The Hall–Kier alpha value is -3.68. The molecule has 1 atom stereocenters. The molecule has 4 aromatic rings. The van der Waals surface area contributed by atoms with Gasteiger partial charge in [-0.3, -0.25) is 4.79 Å². The molecule has 0 spiro atoms. The Labute approximate surface area is 191 Å². The van der Waals surface area contributed by atoms with Gasteiger partial charge in [0.2, 0.25) is 0 Å². The molecule has 0 aliphatic heterocycles. The lowest BCUT2D eigenvalue weighted by Crippen LogP contribution is -2.31. The lowest BCUT2D eigenvalue weighted by atomic mass is 10.0. The summed E-state index contributed by atoms with van der Waals surface area (Å²) in [4.78, 5) is 26.0. The molecule has 33 heavy (non-hydrogen) atoms. The molecule has 6 rings (SSSR count). The number of aromatic amines is 1. The summed E-state index contributed by atoms with van der Waals surface area (Å²) in [5, 5.41) is 11.5. The molecule has 0 bridgehead atoms. The van der Waals surface area contributed by atoms with Gasteiger partial charge >= 0.3 is 0 Å². The van der Waals surface area contributed by atoms with Crippen LogP contribution in [0.25, 0.3) is 10.9 Å². The first-order chi connectivity index (χ1) is 16.2. The van der Waals surface area contributed by atoms with Gasteiger partial charge < -0.3 is 20.1 Å². The van der Waals surface area contributed by atoms with E-state index in [1.807, 2.05) is 31.4 Å². The fourth-order valence-electron chi connectivity index (χ4n) is 4.25. The number of amides is 1. The van der Waals surface area contributed by atoms with Crippen LogP contribution in [0.3, 0.4) is 0 Å². The van der Waals surface area contributed by atoms with Crippen LogP contribution in [-0.2, 0) is 6.42 Å². The van der Waals surface area contributed by atoms with Crippen molar-refractivity contribution < 1.29 is 9.32 Å². The topological polar surface area (TPSA) is 109 Å². The van der Waals surface area contributed by atoms with Gasteiger partial charge in [-0.1, -0.05) is 23.4 Å². The summed E-state index contributed by atoms with van der Waals surface area (Å²) >= 11 is 0. The Balaban J connectivity index is 1.34. The van der Waals surface area contributed by atoms with Crippen molar-refractivity contribution >= 4 is 22.6 Å². The lowest BCUT2D eigenvalue weighted by Gasteiger charge is -2.19. The number of aromatic nitrogens is 4. The first kappa shape index (κ1) is 20.0. The van der Waals surface area contributed by atoms with Gasteiger partial charge in [0.1, 0.15) is 17.4 Å². The zero-order valence-corrected chi connectivity index (χ0v) is 18.5. The van der Waals surface area contributed by atoms with Gasteiger partial charge in [-0.15, -0.1) is 0 Å². The molecule has 2 aliphatic carbocycles. The number of nitrogens with zero attached hydrogens (tertiary/aromatic N) is 3. The number of carbonyl (C=O) groups is 1. The summed E-state index contributed by atoms with van der Waals surface area (Å²) in [6.45, 7) is 0. The molecule has 8 heteroatoms. The van der Waals surface area contributed by atoms with Crippen LogP contribution in [0.2, 0.25) is 0 Å². The highest BCUT2D eigenvalue weighted by Gasteiger charge is 2.31. The van der Waals surface area contributed by atoms with E-state index in [0.29, 0.717) is 24.0 Å². The summed E-state index contributed by atoms with van der Waals surface area (Å²) in [7, 11) is 1.85. The van der Waals surface area contributed by atoms with E-state index in [9.17, 15) is 4.79 Å². The van der Waals surface area contributed by atoms with Gasteiger partial charge in [0.15, 0.2) is 5.69 Å². The maximum atomic E-state index is 13.2. The van der Waals surface area contributed by atoms with E-state index in [2.05, 4.69) is 37.9 Å². The molecule has 3 aromatic heterocycles. The molecule has 2 fully saturated rings. The van der Waals surface area contributed by atoms with Gasteiger partial charge in [0.05, 0.1) is 11.7 Å². The number of anilines is 1. The van der Waals surface area contributed by atoms with Crippen LogP contribution < -0.4 is 10.6 Å². The predicted octanol–water partition coefficient (Wildman–Crippen LogP) is 4.46. The second kappa shape index (κ2) is 8.03.